The van der Waals surface area contributed by atoms with Crippen LogP contribution in [-0.2, 0) is 11.3 Å². The minimum Gasteiger partial charge on any atom is -0.390 e. The topological polar surface area (TPSA) is 80.9 Å². The number of aliphatic hydroxyl groups is 1. The highest BCUT2D eigenvalue weighted by Crippen LogP contribution is 2.68. The van der Waals surface area contributed by atoms with Gasteiger partial charge in [-0.3, -0.25) is 4.79 Å². The number of carbonyl (C=O) groups is 1. The number of aryl methyl sites for hydroxylation is 1. The fraction of sp³-hybridized carbons (Fsp3) is 0.917. The van der Waals surface area contributed by atoms with Crippen molar-refractivity contribution in [1.82, 2.24) is 20.2 Å². The Balaban J connectivity index is 1.35. The minimum absolute atomic E-state index is 0.128. The zero-order valence-electron chi connectivity index (χ0n) is 19.1. The van der Waals surface area contributed by atoms with E-state index in [1.807, 2.05) is 13.8 Å². The molecule has 6 nitrogen and oxygen atoms in total. The van der Waals surface area contributed by atoms with Crippen LogP contribution in [-0.4, -0.2) is 36.7 Å². The van der Waals surface area contributed by atoms with Crippen LogP contribution in [0.25, 0.3) is 0 Å². The maximum atomic E-state index is 13.3. The SMILES string of the molecule is Cc1nnnn1CC(=O)[C@@H]1CC[C@H]2[C@@H]3CC[C@H]4C[C@](C)(O)CC[C@]4(C)[C@H]3CC[C@]12C. The number of rotatable bonds is 3. The third-order valence-electron chi connectivity index (χ3n) is 10.4. The Morgan fingerprint density at radius 1 is 1.03 bits per heavy atom. The molecular weight excluding hydrogens is 376 g/mol. The summed E-state index contributed by atoms with van der Waals surface area (Å²) in [5.74, 6) is 4.02. The van der Waals surface area contributed by atoms with Crippen LogP contribution in [0.2, 0.25) is 0 Å². The Labute approximate surface area is 180 Å². The fourth-order valence-electron chi connectivity index (χ4n) is 8.61. The lowest BCUT2D eigenvalue weighted by atomic mass is 9.44. The molecule has 0 radical (unpaired) electrons. The Hall–Kier alpha value is -1.30. The summed E-state index contributed by atoms with van der Waals surface area (Å²) in [4.78, 5) is 13.3. The summed E-state index contributed by atoms with van der Waals surface area (Å²) in [6, 6.07) is 0. The van der Waals surface area contributed by atoms with Crippen LogP contribution < -0.4 is 0 Å². The van der Waals surface area contributed by atoms with Gasteiger partial charge in [-0.25, -0.2) is 4.68 Å². The minimum atomic E-state index is -0.473. The Bertz CT molecular complexity index is 835. The smallest absolute Gasteiger partial charge is 0.158 e. The Morgan fingerprint density at radius 2 is 1.80 bits per heavy atom. The van der Waals surface area contributed by atoms with Gasteiger partial charge in [-0.05, 0) is 117 Å². The third-order valence-corrected chi connectivity index (χ3v) is 10.4. The number of aromatic nitrogens is 4. The summed E-state index contributed by atoms with van der Waals surface area (Å²) in [6.45, 7) is 9.16. The first-order valence-electron chi connectivity index (χ1n) is 12.1. The molecule has 8 atom stereocenters. The predicted molar refractivity (Wildman–Crippen MR) is 113 cm³/mol. The Kier molecular flexibility index (Phi) is 4.70. The summed E-state index contributed by atoms with van der Waals surface area (Å²) in [5.41, 5.74) is 0.0288. The molecule has 4 fully saturated rings. The number of ketones is 1. The second-order valence-electron chi connectivity index (χ2n) is 11.9. The molecule has 1 N–H and O–H groups in total. The number of carbonyl (C=O) groups excluding carboxylic acids is 1. The number of fused-ring (bicyclic) bond motifs is 5. The highest BCUT2D eigenvalue weighted by molar-refractivity contribution is 5.82. The van der Waals surface area contributed by atoms with Crippen molar-refractivity contribution in [2.75, 3.05) is 0 Å². The van der Waals surface area contributed by atoms with Crippen LogP contribution in [0.4, 0.5) is 0 Å². The second kappa shape index (κ2) is 6.85. The van der Waals surface area contributed by atoms with Gasteiger partial charge in [0, 0.05) is 5.92 Å². The van der Waals surface area contributed by atoms with Gasteiger partial charge in [-0.15, -0.1) is 5.10 Å². The molecular formula is C24H38N4O2. The van der Waals surface area contributed by atoms with E-state index in [-0.39, 0.29) is 11.3 Å². The van der Waals surface area contributed by atoms with Gasteiger partial charge in [0.05, 0.1) is 5.60 Å². The van der Waals surface area contributed by atoms with E-state index >= 15 is 0 Å². The average molecular weight is 415 g/mol. The van der Waals surface area contributed by atoms with E-state index in [1.165, 1.54) is 32.1 Å². The molecule has 4 aliphatic rings. The van der Waals surface area contributed by atoms with Crippen LogP contribution in [0.15, 0.2) is 0 Å². The highest BCUT2D eigenvalue weighted by Gasteiger charge is 2.61. The zero-order valence-corrected chi connectivity index (χ0v) is 19.1. The first-order valence-corrected chi connectivity index (χ1v) is 12.1. The summed E-state index contributed by atoms with van der Waals surface area (Å²) in [7, 11) is 0. The summed E-state index contributed by atoms with van der Waals surface area (Å²) in [5, 5.41) is 22.3. The summed E-state index contributed by atoms with van der Waals surface area (Å²) < 4.78 is 1.66. The van der Waals surface area contributed by atoms with Crippen LogP contribution in [0.1, 0.15) is 84.4 Å². The highest BCUT2D eigenvalue weighted by atomic mass is 16.3. The molecule has 6 heteroatoms. The van der Waals surface area contributed by atoms with Gasteiger partial charge < -0.3 is 5.11 Å². The van der Waals surface area contributed by atoms with Crippen LogP contribution in [0.5, 0.6) is 0 Å². The fourth-order valence-corrected chi connectivity index (χ4v) is 8.61. The van der Waals surface area contributed by atoms with Crippen molar-refractivity contribution in [2.45, 2.75) is 97.6 Å². The molecule has 4 saturated carbocycles. The second-order valence-corrected chi connectivity index (χ2v) is 11.9. The molecule has 0 amide bonds. The molecule has 0 aromatic carbocycles. The van der Waals surface area contributed by atoms with E-state index in [2.05, 4.69) is 29.4 Å². The largest absolute Gasteiger partial charge is 0.390 e. The molecule has 30 heavy (non-hydrogen) atoms. The van der Waals surface area contributed by atoms with Gasteiger partial charge in [-0.1, -0.05) is 13.8 Å². The first-order chi connectivity index (χ1) is 14.1. The van der Waals surface area contributed by atoms with E-state index in [1.54, 1.807) is 4.68 Å². The molecule has 0 spiro atoms. The normalized spacial score (nSPS) is 48.0. The van der Waals surface area contributed by atoms with Gasteiger partial charge in [0.1, 0.15) is 12.4 Å². The van der Waals surface area contributed by atoms with Gasteiger partial charge in [0.2, 0.25) is 0 Å². The predicted octanol–water partition coefficient (Wildman–Crippen LogP) is 3.96. The quantitative estimate of drug-likeness (QED) is 0.810. The van der Waals surface area contributed by atoms with Crippen LogP contribution in [0.3, 0.4) is 0 Å². The summed E-state index contributed by atoms with van der Waals surface area (Å²) >= 11 is 0. The monoisotopic (exact) mass is 414 g/mol. The van der Waals surface area contributed by atoms with Crippen molar-refractivity contribution in [2.24, 2.45) is 40.4 Å². The lowest BCUT2D eigenvalue weighted by Gasteiger charge is -2.61. The van der Waals surface area contributed by atoms with E-state index in [0.29, 0.717) is 35.4 Å². The van der Waals surface area contributed by atoms with Crippen molar-refractivity contribution in [3.8, 4) is 0 Å². The zero-order chi connectivity index (χ0) is 21.3. The molecule has 0 bridgehead atoms. The molecule has 166 valence electrons. The van der Waals surface area contributed by atoms with Crippen molar-refractivity contribution < 1.29 is 9.90 Å². The number of nitrogens with zero attached hydrogens (tertiary/aromatic N) is 4. The first kappa shape index (κ1) is 20.6. The van der Waals surface area contributed by atoms with E-state index in [9.17, 15) is 9.90 Å². The van der Waals surface area contributed by atoms with Crippen molar-refractivity contribution in [3.63, 3.8) is 0 Å². The van der Waals surface area contributed by atoms with Gasteiger partial charge in [0.25, 0.3) is 0 Å². The van der Waals surface area contributed by atoms with E-state index in [0.717, 1.165) is 37.5 Å². The van der Waals surface area contributed by atoms with Crippen molar-refractivity contribution in [1.29, 1.82) is 0 Å². The Morgan fingerprint density at radius 3 is 2.53 bits per heavy atom. The molecule has 5 rings (SSSR count). The lowest BCUT2D eigenvalue weighted by Crippen LogP contribution is -2.55. The molecule has 4 aliphatic carbocycles. The molecule has 0 aliphatic heterocycles. The van der Waals surface area contributed by atoms with Gasteiger partial charge in [0.15, 0.2) is 5.78 Å². The van der Waals surface area contributed by atoms with Gasteiger partial charge >= 0.3 is 0 Å². The van der Waals surface area contributed by atoms with Gasteiger partial charge in [-0.2, -0.15) is 0 Å². The lowest BCUT2D eigenvalue weighted by molar-refractivity contribution is -0.151. The number of Topliss-reactive ketones (excluding diaryl/α,β-unsaturated/α-hetero) is 1. The van der Waals surface area contributed by atoms with E-state index < -0.39 is 5.60 Å². The maximum absolute atomic E-state index is 13.3. The molecule has 1 heterocycles. The number of hydrogen-bond donors (Lipinski definition) is 1. The average Bonchev–Trinajstić information content (AvgIpc) is 3.24. The van der Waals surface area contributed by atoms with E-state index in [4.69, 9.17) is 0 Å². The molecule has 1 aromatic rings. The van der Waals surface area contributed by atoms with Crippen LogP contribution in [0, 0.1) is 47.3 Å². The molecule has 1 aromatic heterocycles. The number of hydrogen-bond acceptors (Lipinski definition) is 5. The summed E-state index contributed by atoms with van der Waals surface area (Å²) in [6.07, 6.45) is 10.3. The van der Waals surface area contributed by atoms with Crippen molar-refractivity contribution >= 4 is 5.78 Å². The van der Waals surface area contributed by atoms with Crippen LogP contribution >= 0.6 is 0 Å². The van der Waals surface area contributed by atoms with Crippen molar-refractivity contribution in [3.05, 3.63) is 5.82 Å². The molecule has 0 unspecified atom stereocenters. The maximum Gasteiger partial charge on any atom is 0.158 e. The molecule has 0 saturated heterocycles. The standard InChI is InChI=1S/C24H38N4O2/c1-15-25-26-27-28(15)14-21(29)20-8-7-18-17-6-5-16-13-22(2,30)11-12-23(16,3)19(17)9-10-24(18,20)4/h16-20,30H,5-14H2,1-4H3/t16-,17-,18-,19-,20-,22+,23-,24-/m0/s1. The number of tetrazole rings is 1. The third kappa shape index (κ3) is 3.00.